The molecule has 0 aliphatic heterocycles. The van der Waals surface area contributed by atoms with Crippen LogP contribution < -0.4 is 5.73 Å². The Labute approximate surface area is 83.6 Å². The summed E-state index contributed by atoms with van der Waals surface area (Å²) in [5, 5.41) is 0. The van der Waals surface area contributed by atoms with Crippen LogP contribution in [0.15, 0.2) is 18.2 Å². The zero-order valence-electron chi connectivity index (χ0n) is 8.62. The van der Waals surface area contributed by atoms with E-state index in [4.69, 9.17) is 5.73 Å². The summed E-state index contributed by atoms with van der Waals surface area (Å²) >= 11 is 0. The van der Waals surface area contributed by atoms with Crippen molar-refractivity contribution in [3.05, 3.63) is 29.6 Å². The molecule has 1 aromatic carbocycles. The quantitative estimate of drug-likeness (QED) is 0.780. The summed E-state index contributed by atoms with van der Waals surface area (Å²) in [6.45, 7) is 5.60. The average Bonchev–Trinajstić information content (AvgIpc) is 2.45. The molecule has 0 aliphatic rings. The molecule has 1 aromatic heterocycles. The predicted octanol–water partition coefficient (Wildman–Crippen LogP) is 1.61. The molecule has 0 fully saturated rings. The van der Waals surface area contributed by atoms with Gasteiger partial charge in [-0.3, -0.25) is 0 Å². The van der Waals surface area contributed by atoms with Gasteiger partial charge in [0, 0.05) is 13.1 Å². The molecule has 1 heterocycles. The van der Waals surface area contributed by atoms with Gasteiger partial charge in [0.25, 0.3) is 0 Å². The number of rotatable bonds is 2. The number of benzene rings is 1. The lowest BCUT2D eigenvalue weighted by Gasteiger charge is -2.04. The summed E-state index contributed by atoms with van der Waals surface area (Å²) in [5.41, 5.74) is 9.07. The maximum Gasteiger partial charge on any atom is 0.106 e. The van der Waals surface area contributed by atoms with Crippen molar-refractivity contribution in [2.75, 3.05) is 6.54 Å². The molecule has 0 saturated carbocycles. The molecule has 3 heteroatoms. The molecule has 0 atom stereocenters. The zero-order chi connectivity index (χ0) is 10.1. The summed E-state index contributed by atoms with van der Waals surface area (Å²) in [6.07, 6.45) is 0. The van der Waals surface area contributed by atoms with Gasteiger partial charge in [-0.1, -0.05) is 6.07 Å². The van der Waals surface area contributed by atoms with E-state index >= 15 is 0 Å². The van der Waals surface area contributed by atoms with E-state index in [1.54, 1.807) is 0 Å². The molecular formula is C11H15N3. The fourth-order valence-electron chi connectivity index (χ4n) is 1.76. The first-order chi connectivity index (χ1) is 6.72. The van der Waals surface area contributed by atoms with E-state index < -0.39 is 0 Å². The van der Waals surface area contributed by atoms with Gasteiger partial charge in [-0.15, -0.1) is 0 Å². The summed E-state index contributed by atoms with van der Waals surface area (Å²) in [6, 6.07) is 6.30. The van der Waals surface area contributed by atoms with E-state index in [2.05, 4.69) is 34.7 Å². The molecule has 0 unspecified atom stereocenters. The van der Waals surface area contributed by atoms with Crippen LogP contribution in [-0.2, 0) is 6.54 Å². The Morgan fingerprint density at radius 1 is 1.36 bits per heavy atom. The van der Waals surface area contributed by atoms with Crippen molar-refractivity contribution < 1.29 is 0 Å². The van der Waals surface area contributed by atoms with E-state index in [9.17, 15) is 0 Å². The van der Waals surface area contributed by atoms with Crippen molar-refractivity contribution in [2.24, 2.45) is 5.73 Å². The summed E-state index contributed by atoms with van der Waals surface area (Å²) in [7, 11) is 0. The van der Waals surface area contributed by atoms with E-state index in [0.717, 1.165) is 17.9 Å². The van der Waals surface area contributed by atoms with Crippen molar-refractivity contribution in [3.63, 3.8) is 0 Å². The third-order valence-corrected chi connectivity index (χ3v) is 2.45. The molecule has 2 rings (SSSR count). The van der Waals surface area contributed by atoms with Gasteiger partial charge in [0.1, 0.15) is 5.82 Å². The second-order valence-corrected chi connectivity index (χ2v) is 3.59. The fourth-order valence-corrected chi connectivity index (χ4v) is 1.76. The van der Waals surface area contributed by atoms with E-state index in [1.165, 1.54) is 11.1 Å². The maximum absolute atomic E-state index is 5.57. The first kappa shape index (κ1) is 9.21. The Morgan fingerprint density at radius 2 is 2.14 bits per heavy atom. The molecule has 74 valence electrons. The second-order valence-electron chi connectivity index (χ2n) is 3.59. The highest BCUT2D eigenvalue weighted by Crippen LogP contribution is 2.16. The topological polar surface area (TPSA) is 43.8 Å². The van der Waals surface area contributed by atoms with Gasteiger partial charge < -0.3 is 10.3 Å². The van der Waals surface area contributed by atoms with Gasteiger partial charge in [-0.05, 0) is 31.5 Å². The van der Waals surface area contributed by atoms with Crippen molar-refractivity contribution >= 4 is 11.0 Å². The van der Waals surface area contributed by atoms with E-state index in [0.29, 0.717) is 6.54 Å². The lowest BCUT2D eigenvalue weighted by molar-refractivity contribution is 0.703. The zero-order valence-corrected chi connectivity index (χ0v) is 8.62. The minimum Gasteiger partial charge on any atom is -0.329 e. The lowest BCUT2D eigenvalue weighted by Crippen LogP contribution is -2.10. The molecular weight excluding hydrogens is 174 g/mol. The van der Waals surface area contributed by atoms with E-state index in [-0.39, 0.29) is 0 Å². The summed E-state index contributed by atoms with van der Waals surface area (Å²) in [4.78, 5) is 4.48. The van der Waals surface area contributed by atoms with Crippen molar-refractivity contribution in [1.82, 2.24) is 9.55 Å². The Kier molecular flexibility index (Phi) is 2.25. The van der Waals surface area contributed by atoms with E-state index in [1.807, 2.05) is 6.92 Å². The van der Waals surface area contributed by atoms with Crippen LogP contribution in [0.1, 0.15) is 11.4 Å². The Morgan fingerprint density at radius 3 is 2.86 bits per heavy atom. The largest absolute Gasteiger partial charge is 0.329 e. The highest BCUT2D eigenvalue weighted by Gasteiger charge is 2.05. The normalized spacial score (nSPS) is 11.1. The molecule has 0 saturated heterocycles. The molecule has 0 bridgehead atoms. The minimum atomic E-state index is 0.653. The van der Waals surface area contributed by atoms with Gasteiger partial charge >= 0.3 is 0 Å². The third kappa shape index (κ3) is 1.40. The summed E-state index contributed by atoms with van der Waals surface area (Å²) < 4.78 is 2.17. The number of imidazole rings is 1. The van der Waals surface area contributed by atoms with Gasteiger partial charge in [-0.25, -0.2) is 4.98 Å². The Hall–Kier alpha value is -1.35. The third-order valence-electron chi connectivity index (χ3n) is 2.45. The average molecular weight is 189 g/mol. The standard InChI is InChI=1S/C11H15N3/c1-8-3-4-10-11(7-8)14(6-5-12)9(2)13-10/h3-4,7H,5-6,12H2,1-2H3. The Balaban J connectivity index is 2.66. The molecule has 0 amide bonds. The number of nitrogens with zero attached hydrogens (tertiary/aromatic N) is 2. The molecule has 0 aliphatic carbocycles. The van der Waals surface area contributed by atoms with Crippen LogP contribution in [0.5, 0.6) is 0 Å². The van der Waals surface area contributed by atoms with Crippen LogP contribution in [0, 0.1) is 13.8 Å². The number of aryl methyl sites for hydroxylation is 2. The SMILES string of the molecule is Cc1ccc2nc(C)n(CCN)c2c1. The molecule has 2 N–H and O–H groups in total. The van der Waals surface area contributed by atoms with Crippen LogP contribution >= 0.6 is 0 Å². The van der Waals surface area contributed by atoms with Gasteiger partial charge in [0.2, 0.25) is 0 Å². The smallest absolute Gasteiger partial charge is 0.106 e. The molecule has 14 heavy (non-hydrogen) atoms. The monoisotopic (exact) mass is 189 g/mol. The molecule has 0 spiro atoms. The van der Waals surface area contributed by atoms with Crippen molar-refractivity contribution in [2.45, 2.75) is 20.4 Å². The van der Waals surface area contributed by atoms with Gasteiger partial charge in [0.05, 0.1) is 11.0 Å². The minimum absolute atomic E-state index is 0.653. The van der Waals surface area contributed by atoms with Crippen LogP contribution in [0.4, 0.5) is 0 Å². The number of aromatic nitrogens is 2. The number of fused-ring (bicyclic) bond motifs is 1. The highest BCUT2D eigenvalue weighted by atomic mass is 15.1. The van der Waals surface area contributed by atoms with Crippen molar-refractivity contribution in [3.8, 4) is 0 Å². The number of hydrogen-bond acceptors (Lipinski definition) is 2. The molecule has 0 radical (unpaired) electrons. The summed E-state index contributed by atoms with van der Waals surface area (Å²) in [5.74, 6) is 1.04. The fraction of sp³-hybridized carbons (Fsp3) is 0.364. The predicted molar refractivity (Wildman–Crippen MR) is 58.3 cm³/mol. The first-order valence-corrected chi connectivity index (χ1v) is 4.86. The van der Waals surface area contributed by atoms with Crippen LogP contribution in [0.25, 0.3) is 11.0 Å². The van der Waals surface area contributed by atoms with Gasteiger partial charge in [0.15, 0.2) is 0 Å². The first-order valence-electron chi connectivity index (χ1n) is 4.86. The van der Waals surface area contributed by atoms with Crippen LogP contribution in [0.2, 0.25) is 0 Å². The molecule has 3 nitrogen and oxygen atoms in total. The van der Waals surface area contributed by atoms with Crippen molar-refractivity contribution in [1.29, 1.82) is 0 Å². The Bertz CT molecular complexity index is 457. The van der Waals surface area contributed by atoms with Crippen LogP contribution in [-0.4, -0.2) is 16.1 Å². The molecule has 2 aromatic rings. The number of hydrogen-bond donors (Lipinski definition) is 1. The maximum atomic E-state index is 5.57. The number of nitrogens with two attached hydrogens (primary N) is 1. The lowest BCUT2D eigenvalue weighted by atomic mass is 10.2. The van der Waals surface area contributed by atoms with Gasteiger partial charge in [-0.2, -0.15) is 0 Å². The highest BCUT2D eigenvalue weighted by molar-refractivity contribution is 5.76. The second kappa shape index (κ2) is 3.42. The van der Waals surface area contributed by atoms with Crippen LogP contribution in [0.3, 0.4) is 0 Å².